The van der Waals surface area contributed by atoms with Gasteiger partial charge in [0, 0.05) is 6.04 Å². The Balaban J connectivity index is 1.71. The summed E-state index contributed by atoms with van der Waals surface area (Å²) in [6.45, 7) is 5.45. The van der Waals surface area contributed by atoms with E-state index in [0.717, 1.165) is 6.42 Å². The minimum atomic E-state index is -0.584. The molecule has 0 radical (unpaired) electrons. The van der Waals surface area contributed by atoms with Gasteiger partial charge in [-0.15, -0.1) is 0 Å². The third kappa shape index (κ3) is 3.58. The molecule has 1 saturated heterocycles. The predicted molar refractivity (Wildman–Crippen MR) is 86.2 cm³/mol. The van der Waals surface area contributed by atoms with Gasteiger partial charge in [0.05, 0.1) is 0 Å². The molecule has 1 unspecified atom stereocenters. The van der Waals surface area contributed by atoms with E-state index in [0.29, 0.717) is 23.3 Å². The first kappa shape index (κ1) is 16.1. The Morgan fingerprint density at radius 3 is 2.74 bits per heavy atom. The molecular formula is C16H20ClN3O3. The Bertz CT molecular complexity index is 644. The summed E-state index contributed by atoms with van der Waals surface area (Å²) in [6, 6.07) is 4.61. The normalized spacial score (nSPS) is 25.7. The zero-order chi connectivity index (χ0) is 16.8. The largest absolute Gasteiger partial charge is 0.444 e. The first-order valence-electron chi connectivity index (χ1n) is 7.69. The molecule has 1 aliphatic heterocycles. The molecule has 1 saturated carbocycles. The van der Waals surface area contributed by atoms with Crippen LogP contribution >= 0.6 is 11.6 Å². The van der Waals surface area contributed by atoms with Crippen molar-refractivity contribution in [2.75, 3.05) is 5.32 Å². The highest BCUT2D eigenvalue weighted by atomic mass is 35.5. The molecule has 1 N–H and O–H groups in total. The number of amides is 2. The van der Waals surface area contributed by atoms with Crippen molar-refractivity contribution in [3.8, 4) is 0 Å². The summed E-state index contributed by atoms with van der Waals surface area (Å²) in [4.78, 5) is 30.6. The lowest BCUT2D eigenvalue weighted by Gasteiger charge is -2.29. The maximum absolute atomic E-state index is 12.5. The average molecular weight is 338 g/mol. The van der Waals surface area contributed by atoms with Crippen molar-refractivity contribution < 1.29 is 14.3 Å². The van der Waals surface area contributed by atoms with Crippen LogP contribution in [0.1, 0.15) is 33.6 Å². The van der Waals surface area contributed by atoms with E-state index in [1.807, 2.05) is 20.8 Å². The van der Waals surface area contributed by atoms with Crippen LogP contribution in [0.25, 0.3) is 0 Å². The standard InChI is InChI=1S/C16H20ClN3O3/c1-16(2,3)23-15(22)20-10-7-9(10)8-11(20)14(21)19-13-6-4-5-12(17)18-13/h4-6,9-11H,7-8H2,1-3H3,(H,18,19,21)/t9-,10+,11?/m1/s1. The Hall–Kier alpha value is -1.82. The smallest absolute Gasteiger partial charge is 0.411 e. The number of fused-ring (bicyclic) bond motifs is 1. The van der Waals surface area contributed by atoms with Crippen molar-refractivity contribution in [3.63, 3.8) is 0 Å². The van der Waals surface area contributed by atoms with Gasteiger partial charge in [-0.25, -0.2) is 9.78 Å². The topological polar surface area (TPSA) is 71.5 Å². The van der Waals surface area contributed by atoms with Gasteiger partial charge in [0.2, 0.25) is 5.91 Å². The molecule has 2 heterocycles. The Morgan fingerprint density at radius 1 is 1.35 bits per heavy atom. The van der Waals surface area contributed by atoms with Gasteiger partial charge in [0.25, 0.3) is 0 Å². The quantitative estimate of drug-likeness (QED) is 0.842. The minimum absolute atomic E-state index is 0.118. The van der Waals surface area contributed by atoms with Crippen molar-refractivity contribution in [3.05, 3.63) is 23.4 Å². The van der Waals surface area contributed by atoms with E-state index in [1.165, 1.54) is 0 Å². The number of nitrogens with one attached hydrogen (secondary N) is 1. The number of carbonyl (C=O) groups excluding carboxylic acids is 2. The third-order valence-corrected chi connectivity index (χ3v) is 4.19. The monoisotopic (exact) mass is 337 g/mol. The number of likely N-dealkylation sites (tertiary alicyclic amines) is 1. The fourth-order valence-electron chi connectivity index (χ4n) is 2.96. The molecule has 124 valence electrons. The van der Waals surface area contributed by atoms with Crippen molar-refractivity contribution in [1.29, 1.82) is 0 Å². The molecule has 3 atom stereocenters. The number of piperidine rings is 1. The molecule has 1 aromatic heterocycles. The number of nitrogens with zero attached hydrogens (tertiary/aromatic N) is 2. The summed E-state index contributed by atoms with van der Waals surface area (Å²) in [5, 5.41) is 3.04. The van der Waals surface area contributed by atoms with Gasteiger partial charge in [0.15, 0.2) is 0 Å². The number of rotatable bonds is 2. The summed E-state index contributed by atoms with van der Waals surface area (Å²) in [5.41, 5.74) is -0.584. The lowest BCUT2D eigenvalue weighted by Crippen LogP contribution is -2.47. The zero-order valence-electron chi connectivity index (χ0n) is 13.4. The maximum atomic E-state index is 12.5. The highest BCUT2D eigenvalue weighted by Crippen LogP contribution is 2.48. The van der Waals surface area contributed by atoms with Gasteiger partial charge in [0.1, 0.15) is 22.6 Å². The SMILES string of the molecule is CC(C)(C)OC(=O)N1C(C(=O)Nc2cccc(Cl)n2)C[C@H]2C[C@@H]21. The molecule has 0 aromatic carbocycles. The second kappa shape index (κ2) is 5.67. The first-order valence-corrected chi connectivity index (χ1v) is 8.07. The van der Waals surface area contributed by atoms with Crippen LogP contribution in [0.5, 0.6) is 0 Å². The van der Waals surface area contributed by atoms with Crippen LogP contribution in [0.15, 0.2) is 18.2 Å². The van der Waals surface area contributed by atoms with Crippen molar-refractivity contribution in [2.45, 2.75) is 51.3 Å². The van der Waals surface area contributed by atoms with Crippen molar-refractivity contribution >= 4 is 29.4 Å². The second-order valence-electron chi connectivity index (χ2n) is 7.04. The number of hydrogen-bond acceptors (Lipinski definition) is 4. The fourth-order valence-corrected chi connectivity index (χ4v) is 3.12. The van der Waals surface area contributed by atoms with Gasteiger partial charge in [-0.1, -0.05) is 17.7 Å². The van der Waals surface area contributed by atoms with Crippen LogP contribution in [-0.2, 0) is 9.53 Å². The summed E-state index contributed by atoms with van der Waals surface area (Å²) in [5.74, 6) is 0.524. The molecule has 1 aromatic rings. The molecule has 2 aliphatic rings. The maximum Gasteiger partial charge on any atom is 0.411 e. The van der Waals surface area contributed by atoms with Gasteiger partial charge in [-0.2, -0.15) is 0 Å². The summed E-state index contributed by atoms with van der Waals surface area (Å²) in [7, 11) is 0. The predicted octanol–water partition coefficient (Wildman–Crippen LogP) is 3.07. The van der Waals surface area contributed by atoms with E-state index in [1.54, 1.807) is 23.1 Å². The number of aromatic nitrogens is 1. The lowest BCUT2D eigenvalue weighted by atomic mass is 10.1. The van der Waals surface area contributed by atoms with Crippen LogP contribution in [0.4, 0.5) is 10.6 Å². The van der Waals surface area contributed by atoms with Crippen LogP contribution in [-0.4, -0.2) is 39.6 Å². The van der Waals surface area contributed by atoms with Crippen LogP contribution in [0.2, 0.25) is 5.15 Å². The number of hydrogen-bond donors (Lipinski definition) is 1. The molecular weight excluding hydrogens is 318 g/mol. The van der Waals surface area contributed by atoms with E-state index in [-0.39, 0.29) is 11.9 Å². The van der Waals surface area contributed by atoms with E-state index in [4.69, 9.17) is 16.3 Å². The Kier molecular flexibility index (Phi) is 3.96. The van der Waals surface area contributed by atoms with Crippen LogP contribution in [0, 0.1) is 5.92 Å². The van der Waals surface area contributed by atoms with Gasteiger partial charge in [-0.3, -0.25) is 9.69 Å². The summed E-state index contributed by atoms with van der Waals surface area (Å²) in [6.07, 6.45) is 1.18. The number of carbonyl (C=O) groups is 2. The van der Waals surface area contributed by atoms with Crippen molar-refractivity contribution in [1.82, 2.24) is 9.88 Å². The van der Waals surface area contributed by atoms with Crippen LogP contribution in [0.3, 0.4) is 0 Å². The molecule has 23 heavy (non-hydrogen) atoms. The summed E-state index contributed by atoms with van der Waals surface area (Å²) < 4.78 is 5.44. The highest BCUT2D eigenvalue weighted by molar-refractivity contribution is 6.29. The highest BCUT2D eigenvalue weighted by Gasteiger charge is 2.57. The molecule has 6 nitrogen and oxygen atoms in total. The molecule has 2 fully saturated rings. The van der Waals surface area contributed by atoms with E-state index >= 15 is 0 Å². The molecule has 3 rings (SSSR count). The number of pyridine rings is 1. The average Bonchev–Trinajstić information content (AvgIpc) is 3.06. The minimum Gasteiger partial charge on any atom is -0.444 e. The second-order valence-corrected chi connectivity index (χ2v) is 7.42. The fraction of sp³-hybridized carbons (Fsp3) is 0.562. The van der Waals surface area contributed by atoms with E-state index in [2.05, 4.69) is 10.3 Å². The lowest BCUT2D eigenvalue weighted by molar-refractivity contribution is -0.121. The molecule has 1 aliphatic carbocycles. The zero-order valence-corrected chi connectivity index (χ0v) is 14.1. The molecule has 0 bridgehead atoms. The first-order chi connectivity index (χ1) is 10.7. The molecule has 7 heteroatoms. The number of ether oxygens (including phenoxy) is 1. The Labute approximate surface area is 140 Å². The van der Waals surface area contributed by atoms with E-state index in [9.17, 15) is 9.59 Å². The van der Waals surface area contributed by atoms with Gasteiger partial charge in [-0.05, 0) is 51.7 Å². The van der Waals surface area contributed by atoms with Gasteiger partial charge < -0.3 is 10.1 Å². The number of halogens is 1. The van der Waals surface area contributed by atoms with Crippen molar-refractivity contribution in [2.24, 2.45) is 5.92 Å². The van der Waals surface area contributed by atoms with E-state index < -0.39 is 17.7 Å². The Morgan fingerprint density at radius 2 is 2.09 bits per heavy atom. The third-order valence-electron chi connectivity index (χ3n) is 3.98. The molecule has 0 spiro atoms. The summed E-state index contributed by atoms with van der Waals surface area (Å²) >= 11 is 5.82. The van der Waals surface area contributed by atoms with Crippen LogP contribution < -0.4 is 5.32 Å². The molecule has 2 amide bonds. The number of anilines is 1. The van der Waals surface area contributed by atoms with Gasteiger partial charge >= 0.3 is 6.09 Å².